The molecule has 0 bridgehead atoms. The highest BCUT2D eigenvalue weighted by Crippen LogP contribution is 2.31. The number of non-ortho nitro benzene ring substituents is 1. The van der Waals surface area contributed by atoms with Crippen molar-refractivity contribution in [1.29, 1.82) is 0 Å². The smallest absolute Gasteiger partial charge is 0.269 e. The number of benzene rings is 2. The molecule has 0 fully saturated rings. The van der Waals surface area contributed by atoms with Gasteiger partial charge in [0.1, 0.15) is 5.75 Å². The van der Waals surface area contributed by atoms with Crippen LogP contribution in [0.1, 0.15) is 24.0 Å². The molecule has 7 heteroatoms. The molecular formula is C18H17N3O4. The van der Waals surface area contributed by atoms with Crippen LogP contribution >= 0.6 is 0 Å². The predicted octanol–water partition coefficient (Wildman–Crippen LogP) is 2.95. The highest BCUT2D eigenvalue weighted by atomic mass is 16.6. The molecule has 0 saturated heterocycles. The van der Waals surface area contributed by atoms with E-state index in [1.54, 1.807) is 13.2 Å². The molecule has 2 aromatic carbocycles. The third-order valence-electron chi connectivity index (χ3n) is 4.15. The monoisotopic (exact) mass is 339 g/mol. The molecule has 25 heavy (non-hydrogen) atoms. The molecule has 2 aromatic rings. The van der Waals surface area contributed by atoms with Crippen molar-refractivity contribution in [2.75, 3.05) is 13.7 Å². The van der Waals surface area contributed by atoms with Gasteiger partial charge in [-0.1, -0.05) is 12.1 Å². The van der Waals surface area contributed by atoms with Crippen molar-refractivity contribution in [2.24, 2.45) is 5.10 Å². The highest BCUT2D eigenvalue weighted by Gasteiger charge is 2.31. The average molecular weight is 339 g/mol. The second kappa shape index (κ2) is 6.72. The van der Waals surface area contributed by atoms with Gasteiger partial charge >= 0.3 is 0 Å². The number of nitro groups is 1. The average Bonchev–Trinajstić information content (AvgIpc) is 3.07. The summed E-state index contributed by atoms with van der Waals surface area (Å²) in [7, 11) is 1.59. The number of hydrogen-bond donors (Lipinski definition) is 0. The quantitative estimate of drug-likeness (QED) is 0.633. The van der Waals surface area contributed by atoms with Gasteiger partial charge in [0, 0.05) is 25.0 Å². The van der Waals surface area contributed by atoms with Gasteiger partial charge in [0.25, 0.3) is 5.69 Å². The number of nitrogens with zero attached hydrogens (tertiary/aromatic N) is 3. The lowest BCUT2D eigenvalue weighted by atomic mass is 9.90. The van der Waals surface area contributed by atoms with E-state index in [4.69, 9.17) is 4.74 Å². The van der Waals surface area contributed by atoms with E-state index in [2.05, 4.69) is 5.10 Å². The first-order valence-corrected chi connectivity index (χ1v) is 7.75. The number of hydrazone groups is 1. The van der Waals surface area contributed by atoms with Gasteiger partial charge in [-0.15, -0.1) is 0 Å². The number of methoxy groups -OCH3 is 1. The summed E-state index contributed by atoms with van der Waals surface area (Å²) in [6.45, 7) is 1.81. The number of amides is 1. The van der Waals surface area contributed by atoms with Crippen molar-refractivity contribution in [3.8, 4) is 5.75 Å². The van der Waals surface area contributed by atoms with E-state index in [0.717, 1.165) is 16.9 Å². The minimum Gasteiger partial charge on any atom is -0.497 e. The van der Waals surface area contributed by atoms with E-state index in [1.807, 2.05) is 30.3 Å². The molecule has 1 aliphatic heterocycles. The Bertz CT molecular complexity index is 846. The van der Waals surface area contributed by atoms with Crippen LogP contribution in [-0.2, 0) is 4.79 Å². The Hall–Kier alpha value is -3.22. The van der Waals surface area contributed by atoms with E-state index in [-0.39, 0.29) is 17.5 Å². The normalized spacial score (nSPS) is 16.5. The minimum absolute atomic E-state index is 0.0212. The number of nitro benzene ring substituents is 1. The first-order chi connectivity index (χ1) is 12.0. The molecule has 128 valence electrons. The Balaban J connectivity index is 2.01. The third kappa shape index (κ3) is 3.35. The lowest BCUT2D eigenvalue weighted by molar-refractivity contribution is -0.384. The van der Waals surface area contributed by atoms with Gasteiger partial charge in [-0.2, -0.15) is 5.10 Å². The third-order valence-corrected chi connectivity index (χ3v) is 4.15. The first kappa shape index (κ1) is 16.6. The lowest BCUT2D eigenvalue weighted by Crippen LogP contribution is -2.23. The van der Waals surface area contributed by atoms with Gasteiger partial charge < -0.3 is 4.74 Å². The van der Waals surface area contributed by atoms with Crippen LogP contribution < -0.4 is 4.74 Å². The number of hydrogen-bond acceptors (Lipinski definition) is 5. The molecular weight excluding hydrogens is 322 g/mol. The van der Waals surface area contributed by atoms with Gasteiger partial charge in [-0.05, 0) is 35.4 Å². The van der Waals surface area contributed by atoms with Crippen LogP contribution in [-0.4, -0.2) is 35.2 Å². The van der Waals surface area contributed by atoms with Gasteiger partial charge in [-0.25, -0.2) is 5.01 Å². The van der Waals surface area contributed by atoms with E-state index >= 15 is 0 Å². The zero-order valence-corrected chi connectivity index (χ0v) is 13.9. The molecule has 0 aliphatic carbocycles. The molecule has 1 atom stereocenters. The summed E-state index contributed by atoms with van der Waals surface area (Å²) in [5.74, 6) is 0.328. The van der Waals surface area contributed by atoms with Crippen LogP contribution in [0.15, 0.2) is 53.6 Å². The molecule has 3 rings (SSSR count). The van der Waals surface area contributed by atoms with Crippen LogP contribution in [0.2, 0.25) is 0 Å². The predicted molar refractivity (Wildman–Crippen MR) is 92.8 cm³/mol. The Morgan fingerprint density at radius 2 is 2.00 bits per heavy atom. The van der Waals surface area contributed by atoms with Crippen LogP contribution in [0, 0.1) is 10.1 Å². The lowest BCUT2D eigenvalue weighted by Gasteiger charge is -2.14. The van der Waals surface area contributed by atoms with Crippen molar-refractivity contribution < 1.29 is 14.5 Å². The zero-order chi connectivity index (χ0) is 18.0. The SMILES string of the molecule is COc1ccc(C2=NN(C(C)=O)C[C@@H]2c2cccc([N+](=O)[O-])c2)cc1. The molecule has 0 saturated carbocycles. The summed E-state index contributed by atoms with van der Waals surface area (Å²) in [5.41, 5.74) is 2.33. The van der Waals surface area contributed by atoms with Gasteiger partial charge in [0.2, 0.25) is 5.91 Å². The van der Waals surface area contributed by atoms with Crippen molar-refractivity contribution in [3.05, 3.63) is 69.8 Å². The maximum Gasteiger partial charge on any atom is 0.269 e. The molecule has 0 aromatic heterocycles. The molecule has 1 heterocycles. The van der Waals surface area contributed by atoms with Crippen molar-refractivity contribution in [3.63, 3.8) is 0 Å². The summed E-state index contributed by atoms with van der Waals surface area (Å²) in [4.78, 5) is 22.4. The summed E-state index contributed by atoms with van der Waals surface area (Å²) >= 11 is 0. The molecule has 0 spiro atoms. The maximum absolute atomic E-state index is 11.8. The standard InChI is InChI=1S/C18H17N3O4/c1-12(22)20-11-17(14-4-3-5-15(10-14)21(23)24)18(19-20)13-6-8-16(25-2)9-7-13/h3-10,17H,11H2,1-2H3/t17-/m1/s1. The Morgan fingerprint density at radius 3 is 2.60 bits per heavy atom. The molecule has 1 aliphatic rings. The number of carbonyl (C=O) groups is 1. The van der Waals surface area contributed by atoms with Gasteiger partial charge in [0.05, 0.1) is 24.3 Å². The Labute approximate surface area is 144 Å². The van der Waals surface area contributed by atoms with E-state index in [9.17, 15) is 14.9 Å². The van der Waals surface area contributed by atoms with Gasteiger partial charge in [-0.3, -0.25) is 14.9 Å². The first-order valence-electron chi connectivity index (χ1n) is 7.75. The van der Waals surface area contributed by atoms with Crippen molar-refractivity contribution in [2.45, 2.75) is 12.8 Å². The number of rotatable bonds is 4. The van der Waals surface area contributed by atoms with E-state index in [0.29, 0.717) is 12.3 Å². The summed E-state index contributed by atoms with van der Waals surface area (Å²) in [6.07, 6.45) is 0. The summed E-state index contributed by atoms with van der Waals surface area (Å²) in [5, 5.41) is 16.9. The fraction of sp³-hybridized carbons (Fsp3) is 0.222. The zero-order valence-electron chi connectivity index (χ0n) is 13.9. The van der Waals surface area contributed by atoms with Crippen LogP contribution in [0.25, 0.3) is 0 Å². The van der Waals surface area contributed by atoms with Crippen molar-refractivity contribution >= 4 is 17.3 Å². The molecule has 0 N–H and O–H groups in total. The van der Waals surface area contributed by atoms with Crippen molar-refractivity contribution in [1.82, 2.24) is 5.01 Å². The Kier molecular flexibility index (Phi) is 4.47. The van der Waals surface area contributed by atoms with Crippen LogP contribution in [0.5, 0.6) is 5.75 Å². The van der Waals surface area contributed by atoms with Crippen LogP contribution in [0.3, 0.4) is 0 Å². The van der Waals surface area contributed by atoms with E-state index in [1.165, 1.54) is 24.1 Å². The summed E-state index contributed by atoms with van der Waals surface area (Å²) < 4.78 is 5.17. The fourth-order valence-corrected chi connectivity index (χ4v) is 2.84. The summed E-state index contributed by atoms with van der Waals surface area (Å²) in [6, 6.07) is 13.8. The molecule has 0 radical (unpaired) electrons. The molecule has 1 amide bonds. The largest absolute Gasteiger partial charge is 0.497 e. The topological polar surface area (TPSA) is 85.0 Å². The van der Waals surface area contributed by atoms with Crippen LogP contribution in [0.4, 0.5) is 5.69 Å². The fourth-order valence-electron chi connectivity index (χ4n) is 2.84. The van der Waals surface area contributed by atoms with E-state index < -0.39 is 4.92 Å². The minimum atomic E-state index is -0.425. The van der Waals surface area contributed by atoms with Gasteiger partial charge in [0.15, 0.2) is 0 Å². The number of ether oxygens (including phenoxy) is 1. The highest BCUT2D eigenvalue weighted by molar-refractivity contribution is 6.07. The Morgan fingerprint density at radius 1 is 1.28 bits per heavy atom. The number of carbonyl (C=O) groups excluding carboxylic acids is 1. The second-order valence-electron chi connectivity index (χ2n) is 5.72. The second-order valence-corrected chi connectivity index (χ2v) is 5.72. The maximum atomic E-state index is 11.8. The molecule has 0 unspecified atom stereocenters. The molecule has 7 nitrogen and oxygen atoms in total.